The zero-order valence-corrected chi connectivity index (χ0v) is 22.8. The van der Waals surface area contributed by atoms with Crippen LogP contribution in [0.2, 0.25) is 0 Å². The Hall–Kier alpha value is -4.05. The van der Waals surface area contributed by atoms with Gasteiger partial charge in [0.1, 0.15) is 17.8 Å². The van der Waals surface area contributed by atoms with E-state index in [1.165, 1.54) is 11.3 Å². The molecule has 0 amide bonds. The standard InChI is InChI=1S/C31H31N3O5S/c35-29(36)28(34-39-21-20-38-27-18-10-11-19-37-27)26-22-40-30(32-26)33-31(23-12-4-1-5-13-23,24-14-6-2-7-15-24)25-16-8-3-9-17-25/h1-9,12-17,22,27H,10-11,18-21H2,(H,32,33)(H,35,36)/b34-28-. The molecule has 9 heteroatoms. The van der Waals surface area contributed by atoms with E-state index in [4.69, 9.17) is 14.3 Å². The molecule has 2 heterocycles. The zero-order chi connectivity index (χ0) is 27.6. The Morgan fingerprint density at radius 2 is 1.55 bits per heavy atom. The van der Waals surface area contributed by atoms with Gasteiger partial charge in [0.05, 0.1) is 6.61 Å². The summed E-state index contributed by atoms with van der Waals surface area (Å²) in [6.07, 6.45) is 2.70. The summed E-state index contributed by atoms with van der Waals surface area (Å²) in [6.45, 7) is 1.04. The number of benzene rings is 3. The average molecular weight is 558 g/mol. The molecule has 1 aliphatic rings. The van der Waals surface area contributed by atoms with Gasteiger partial charge in [0.15, 0.2) is 11.4 Å². The number of carboxylic acid groups (broad SMARTS) is 1. The molecule has 1 saturated heterocycles. The van der Waals surface area contributed by atoms with Crippen LogP contribution < -0.4 is 5.32 Å². The van der Waals surface area contributed by atoms with E-state index in [9.17, 15) is 9.90 Å². The molecule has 0 aliphatic carbocycles. The van der Waals surface area contributed by atoms with Gasteiger partial charge in [-0.15, -0.1) is 11.3 Å². The van der Waals surface area contributed by atoms with Crippen LogP contribution in [-0.4, -0.2) is 47.9 Å². The summed E-state index contributed by atoms with van der Waals surface area (Å²) in [5.74, 6) is -1.23. The van der Waals surface area contributed by atoms with E-state index in [-0.39, 0.29) is 30.9 Å². The highest BCUT2D eigenvalue weighted by Gasteiger charge is 2.37. The maximum Gasteiger partial charge on any atom is 0.360 e. The molecule has 40 heavy (non-hydrogen) atoms. The van der Waals surface area contributed by atoms with Crippen molar-refractivity contribution in [1.29, 1.82) is 0 Å². The van der Waals surface area contributed by atoms with E-state index in [1.807, 2.05) is 54.6 Å². The molecule has 206 valence electrons. The summed E-state index contributed by atoms with van der Waals surface area (Å²) in [6, 6.07) is 30.4. The minimum absolute atomic E-state index is 0.102. The summed E-state index contributed by atoms with van der Waals surface area (Å²) in [5.41, 5.74) is 2.20. The smallest absolute Gasteiger partial charge is 0.360 e. The lowest BCUT2D eigenvalue weighted by Crippen LogP contribution is -2.38. The number of hydrogen-bond acceptors (Lipinski definition) is 8. The fourth-order valence-electron chi connectivity index (χ4n) is 4.75. The molecule has 0 radical (unpaired) electrons. The van der Waals surface area contributed by atoms with Gasteiger partial charge in [-0.2, -0.15) is 0 Å². The molecule has 2 N–H and O–H groups in total. The van der Waals surface area contributed by atoms with Gasteiger partial charge in [-0.05, 0) is 36.0 Å². The second-order valence-corrected chi connectivity index (χ2v) is 10.1. The van der Waals surface area contributed by atoms with Crippen LogP contribution >= 0.6 is 11.3 Å². The lowest BCUT2D eigenvalue weighted by Gasteiger charge is -2.36. The van der Waals surface area contributed by atoms with Crippen LogP contribution in [0.15, 0.2) is 102 Å². The van der Waals surface area contributed by atoms with Crippen LogP contribution in [0.3, 0.4) is 0 Å². The largest absolute Gasteiger partial charge is 0.476 e. The van der Waals surface area contributed by atoms with Crippen molar-refractivity contribution in [3.8, 4) is 0 Å². The van der Waals surface area contributed by atoms with Gasteiger partial charge < -0.3 is 24.7 Å². The van der Waals surface area contributed by atoms with E-state index in [1.54, 1.807) is 5.38 Å². The fraction of sp³-hybridized carbons (Fsp3) is 0.258. The van der Waals surface area contributed by atoms with E-state index in [2.05, 4.69) is 51.9 Å². The third-order valence-electron chi connectivity index (χ3n) is 6.64. The molecule has 0 bridgehead atoms. The number of carboxylic acids is 1. The number of aromatic nitrogens is 1. The van der Waals surface area contributed by atoms with Crippen LogP contribution in [0.5, 0.6) is 0 Å². The highest BCUT2D eigenvalue weighted by molar-refractivity contribution is 7.14. The van der Waals surface area contributed by atoms with Crippen molar-refractivity contribution in [2.45, 2.75) is 31.1 Å². The molecule has 1 unspecified atom stereocenters. The number of oxime groups is 1. The predicted molar refractivity (Wildman–Crippen MR) is 155 cm³/mol. The molecule has 1 atom stereocenters. The summed E-state index contributed by atoms with van der Waals surface area (Å²) in [7, 11) is 0. The van der Waals surface area contributed by atoms with E-state index in [0.29, 0.717) is 11.7 Å². The maximum atomic E-state index is 12.1. The highest BCUT2D eigenvalue weighted by Crippen LogP contribution is 2.40. The number of aliphatic carboxylic acids is 1. The Morgan fingerprint density at radius 3 is 2.08 bits per heavy atom. The fourth-order valence-corrected chi connectivity index (χ4v) is 5.50. The second kappa shape index (κ2) is 13.3. The molecule has 4 aromatic rings. The molecular formula is C31H31N3O5S. The van der Waals surface area contributed by atoms with Gasteiger partial charge >= 0.3 is 5.97 Å². The lowest BCUT2D eigenvalue weighted by molar-refractivity contribution is -0.169. The SMILES string of the molecule is O=C(O)/C(=N\OCCOC1CCCCO1)c1csc(NC(c2ccccc2)(c2ccccc2)c2ccccc2)n1. The van der Waals surface area contributed by atoms with Crippen molar-refractivity contribution >= 4 is 28.1 Å². The van der Waals surface area contributed by atoms with Crippen LogP contribution in [0.1, 0.15) is 41.6 Å². The number of ether oxygens (including phenoxy) is 2. The van der Waals surface area contributed by atoms with Crippen LogP contribution in [-0.2, 0) is 24.6 Å². The summed E-state index contributed by atoms with van der Waals surface area (Å²) >= 11 is 1.31. The maximum absolute atomic E-state index is 12.1. The average Bonchev–Trinajstić information content (AvgIpc) is 3.47. The molecule has 0 saturated carbocycles. The van der Waals surface area contributed by atoms with E-state index >= 15 is 0 Å². The third kappa shape index (κ3) is 6.39. The van der Waals surface area contributed by atoms with Gasteiger partial charge in [-0.1, -0.05) is 96.2 Å². The van der Waals surface area contributed by atoms with Gasteiger partial charge in [0.25, 0.3) is 0 Å². The lowest BCUT2D eigenvalue weighted by atomic mass is 9.77. The molecule has 1 fully saturated rings. The highest BCUT2D eigenvalue weighted by atomic mass is 32.1. The van der Waals surface area contributed by atoms with Gasteiger partial charge in [-0.3, -0.25) is 0 Å². The summed E-state index contributed by atoms with van der Waals surface area (Å²) in [5, 5.41) is 19.6. The van der Waals surface area contributed by atoms with E-state index in [0.717, 1.165) is 36.0 Å². The second-order valence-electron chi connectivity index (χ2n) is 9.26. The molecular weight excluding hydrogens is 526 g/mol. The van der Waals surface area contributed by atoms with Crippen molar-refractivity contribution in [3.63, 3.8) is 0 Å². The van der Waals surface area contributed by atoms with Crippen molar-refractivity contribution in [2.24, 2.45) is 5.16 Å². The minimum Gasteiger partial charge on any atom is -0.476 e. The van der Waals surface area contributed by atoms with Gasteiger partial charge in [0, 0.05) is 12.0 Å². The summed E-state index contributed by atoms with van der Waals surface area (Å²) < 4.78 is 11.2. The number of rotatable bonds is 12. The molecule has 1 aromatic heterocycles. The Kier molecular flexibility index (Phi) is 9.18. The normalized spacial score (nSPS) is 15.9. The monoisotopic (exact) mass is 557 g/mol. The molecule has 5 rings (SSSR count). The first-order valence-corrected chi connectivity index (χ1v) is 14.1. The van der Waals surface area contributed by atoms with Crippen molar-refractivity contribution in [1.82, 2.24) is 4.98 Å². The van der Waals surface area contributed by atoms with Crippen LogP contribution in [0.4, 0.5) is 5.13 Å². The Labute approximate surface area is 237 Å². The van der Waals surface area contributed by atoms with Crippen LogP contribution in [0, 0.1) is 0 Å². The molecule has 0 spiro atoms. The Balaban J connectivity index is 1.41. The summed E-state index contributed by atoms with van der Waals surface area (Å²) in [4.78, 5) is 22.0. The molecule has 3 aromatic carbocycles. The van der Waals surface area contributed by atoms with Crippen molar-refractivity contribution < 1.29 is 24.2 Å². The Bertz CT molecular complexity index is 1290. The third-order valence-corrected chi connectivity index (χ3v) is 7.39. The first-order valence-electron chi connectivity index (χ1n) is 13.2. The van der Waals surface area contributed by atoms with Gasteiger partial charge in [0.2, 0.25) is 5.71 Å². The van der Waals surface area contributed by atoms with Gasteiger partial charge in [-0.25, -0.2) is 9.78 Å². The first kappa shape index (κ1) is 27.5. The number of thiazole rings is 1. The first-order chi connectivity index (χ1) is 19.7. The number of anilines is 1. The van der Waals surface area contributed by atoms with Crippen LogP contribution in [0.25, 0.3) is 0 Å². The quantitative estimate of drug-likeness (QED) is 0.0968. The minimum atomic E-state index is -1.23. The van der Waals surface area contributed by atoms with Crippen molar-refractivity contribution in [2.75, 3.05) is 25.1 Å². The topological polar surface area (TPSA) is 102 Å². The Morgan fingerprint density at radius 1 is 0.950 bits per heavy atom. The molecule has 8 nitrogen and oxygen atoms in total. The number of hydrogen-bond donors (Lipinski definition) is 2. The number of carbonyl (C=O) groups is 1. The predicted octanol–water partition coefficient (Wildman–Crippen LogP) is 5.90. The molecule has 1 aliphatic heterocycles. The van der Waals surface area contributed by atoms with E-state index < -0.39 is 11.5 Å². The number of nitrogens with one attached hydrogen (secondary N) is 1. The number of nitrogens with zero attached hydrogens (tertiary/aromatic N) is 2. The van der Waals surface area contributed by atoms with Crippen molar-refractivity contribution in [3.05, 3.63) is 119 Å². The zero-order valence-electron chi connectivity index (χ0n) is 21.9.